The lowest BCUT2D eigenvalue weighted by atomic mass is 10.0. The highest BCUT2D eigenvalue weighted by Gasteiger charge is 2.22. The molecule has 0 fully saturated rings. The zero-order valence-electron chi connectivity index (χ0n) is 18.0. The molecule has 8 nitrogen and oxygen atoms in total. The van der Waals surface area contributed by atoms with E-state index in [1.807, 2.05) is 24.3 Å². The lowest BCUT2D eigenvalue weighted by Gasteiger charge is -2.14. The quantitative estimate of drug-likeness (QED) is 0.546. The second-order valence-corrected chi connectivity index (χ2v) is 9.80. The number of hydrogen-bond acceptors (Lipinski definition) is 6. The average Bonchev–Trinajstić information content (AvgIpc) is 2.73. The first-order chi connectivity index (χ1) is 15.0. The second-order valence-electron chi connectivity index (χ2n) is 7.27. The summed E-state index contributed by atoms with van der Waals surface area (Å²) >= 11 is 6.01. The number of aromatic nitrogens is 1. The van der Waals surface area contributed by atoms with E-state index >= 15 is 0 Å². The van der Waals surface area contributed by atoms with Crippen molar-refractivity contribution in [1.82, 2.24) is 9.29 Å². The van der Waals surface area contributed by atoms with E-state index in [2.05, 4.69) is 10.3 Å². The number of hydrogen-bond donors (Lipinski definition) is 1. The molecule has 3 rings (SSSR count). The molecule has 0 saturated heterocycles. The van der Waals surface area contributed by atoms with Gasteiger partial charge in [0.05, 0.1) is 21.8 Å². The number of amides is 1. The molecule has 0 atom stereocenters. The van der Waals surface area contributed by atoms with Crippen molar-refractivity contribution in [2.24, 2.45) is 0 Å². The molecular formula is C22H22ClN3O5S. The van der Waals surface area contributed by atoms with Crippen LogP contribution in [0.5, 0.6) is 0 Å². The first-order valence-electron chi connectivity index (χ1n) is 9.57. The molecule has 0 unspecified atom stereocenters. The van der Waals surface area contributed by atoms with Crippen LogP contribution in [0.3, 0.4) is 0 Å². The smallest absolute Gasteiger partial charge is 0.340 e. The van der Waals surface area contributed by atoms with Crippen molar-refractivity contribution < 1.29 is 22.7 Å². The summed E-state index contributed by atoms with van der Waals surface area (Å²) in [6.07, 6.45) is 0. The Balaban J connectivity index is 1.74. The summed E-state index contributed by atoms with van der Waals surface area (Å²) in [5, 5.41) is 3.36. The SMILES string of the molecule is Cc1nc2ccccc2c(C)c1C(=O)OCC(=O)Nc1ccc(Cl)c(S(=O)(=O)N(C)C)c1. The van der Waals surface area contributed by atoms with Crippen molar-refractivity contribution in [3.8, 4) is 0 Å². The molecule has 1 N–H and O–H groups in total. The van der Waals surface area contributed by atoms with E-state index in [1.54, 1.807) is 13.8 Å². The molecule has 2 aromatic carbocycles. The van der Waals surface area contributed by atoms with E-state index in [-0.39, 0.29) is 15.6 Å². The number of aryl methyl sites for hydroxylation is 2. The van der Waals surface area contributed by atoms with Gasteiger partial charge >= 0.3 is 5.97 Å². The van der Waals surface area contributed by atoms with Gasteiger partial charge in [0, 0.05) is 25.2 Å². The molecule has 0 saturated carbocycles. The zero-order chi connectivity index (χ0) is 23.6. The highest BCUT2D eigenvalue weighted by atomic mass is 35.5. The summed E-state index contributed by atoms with van der Waals surface area (Å²) < 4.78 is 31.0. The van der Waals surface area contributed by atoms with Crippen LogP contribution < -0.4 is 5.32 Å². The standard InChI is InChI=1S/C22H22ClN3O5S/c1-13-16-7-5-6-8-18(16)24-14(2)21(13)22(28)31-12-20(27)25-15-9-10-17(23)19(11-15)32(29,30)26(3)4/h5-11H,12H2,1-4H3,(H,25,27). The number of ether oxygens (including phenoxy) is 1. The maximum Gasteiger partial charge on any atom is 0.340 e. The Morgan fingerprint density at radius 3 is 2.50 bits per heavy atom. The fraction of sp³-hybridized carbons (Fsp3) is 0.227. The van der Waals surface area contributed by atoms with Crippen LogP contribution in [0, 0.1) is 13.8 Å². The van der Waals surface area contributed by atoms with E-state index in [0.717, 1.165) is 20.8 Å². The normalized spacial score (nSPS) is 11.6. The number of carbonyl (C=O) groups is 2. The summed E-state index contributed by atoms with van der Waals surface area (Å²) in [4.78, 5) is 29.2. The highest BCUT2D eigenvalue weighted by Crippen LogP contribution is 2.27. The van der Waals surface area contributed by atoms with E-state index in [0.29, 0.717) is 11.3 Å². The third-order valence-electron chi connectivity index (χ3n) is 4.85. The van der Waals surface area contributed by atoms with Gasteiger partial charge in [-0.2, -0.15) is 0 Å². The largest absolute Gasteiger partial charge is 0.452 e. The predicted octanol–water partition coefficient (Wildman–Crippen LogP) is 3.55. The Labute approximate surface area is 191 Å². The van der Waals surface area contributed by atoms with Crippen LogP contribution in [0.1, 0.15) is 21.6 Å². The first-order valence-corrected chi connectivity index (χ1v) is 11.4. The number of rotatable bonds is 6. The molecule has 1 amide bonds. The minimum Gasteiger partial charge on any atom is -0.452 e. The number of sulfonamides is 1. The molecule has 32 heavy (non-hydrogen) atoms. The van der Waals surface area contributed by atoms with Crippen LogP contribution >= 0.6 is 11.6 Å². The molecule has 1 aromatic heterocycles. The minimum atomic E-state index is -3.80. The molecule has 3 aromatic rings. The van der Waals surface area contributed by atoms with Gasteiger partial charge < -0.3 is 10.1 Å². The van der Waals surface area contributed by atoms with Crippen LogP contribution in [-0.4, -0.2) is 50.3 Å². The average molecular weight is 476 g/mol. The number of benzene rings is 2. The van der Waals surface area contributed by atoms with Crippen LogP contribution in [0.25, 0.3) is 10.9 Å². The van der Waals surface area contributed by atoms with Crippen LogP contribution in [-0.2, 0) is 19.6 Å². The number of halogens is 1. The number of nitrogens with zero attached hydrogens (tertiary/aromatic N) is 2. The Morgan fingerprint density at radius 1 is 1.12 bits per heavy atom. The van der Waals surface area contributed by atoms with Crippen molar-refractivity contribution in [2.75, 3.05) is 26.0 Å². The third kappa shape index (κ3) is 4.74. The molecule has 0 aliphatic heterocycles. The maximum atomic E-state index is 12.6. The summed E-state index contributed by atoms with van der Waals surface area (Å²) in [6, 6.07) is 11.5. The Morgan fingerprint density at radius 2 is 1.81 bits per heavy atom. The number of pyridine rings is 1. The topological polar surface area (TPSA) is 106 Å². The Kier molecular flexibility index (Phi) is 6.82. The molecule has 0 bridgehead atoms. The van der Waals surface area contributed by atoms with Crippen molar-refractivity contribution in [3.63, 3.8) is 0 Å². The van der Waals surface area contributed by atoms with Gasteiger partial charge in [-0.15, -0.1) is 0 Å². The maximum absolute atomic E-state index is 12.6. The van der Waals surface area contributed by atoms with Gasteiger partial charge in [-0.1, -0.05) is 29.8 Å². The fourth-order valence-electron chi connectivity index (χ4n) is 3.21. The predicted molar refractivity (Wildman–Crippen MR) is 122 cm³/mol. The van der Waals surface area contributed by atoms with Crippen molar-refractivity contribution in [3.05, 3.63) is 64.3 Å². The second kappa shape index (κ2) is 9.23. The van der Waals surface area contributed by atoms with Gasteiger partial charge in [0.1, 0.15) is 4.90 Å². The number of carbonyl (C=O) groups excluding carboxylic acids is 2. The molecular weight excluding hydrogens is 454 g/mol. The Bertz CT molecular complexity index is 1320. The molecule has 168 valence electrons. The molecule has 0 aliphatic rings. The summed E-state index contributed by atoms with van der Waals surface area (Å²) in [7, 11) is -1.04. The van der Waals surface area contributed by atoms with Crippen molar-refractivity contribution in [2.45, 2.75) is 18.7 Å². The number of para-hydroxylation sites is 1. The van der Waals surface area contributed by atoms with E-state index in [9.17, 15) is 18.0 Å². The van der Waals surface area contributed by atoms with Crippen LogP contribution in [0.4, 0.5) is 5.69 Å². The Hall–Kier alpha value is -3.01. The van der Waals surface area contributed by atoms with Gasteiger partial charge in [0.25, 0.3) is 5.91 Å². The first kappa shape index (κ1) is 23.6. The van der Waals surface area contributed by atoms with Crippen LogP contribution in [0.15, 0.2) is 47.4 Å². The highest BCUT2D eigenvalue weighted by molar-refractivity contribution is 7.89. The van der Waals surface area contributed by atoms with E-state index in [4.69, 9.17) is 16.3 Å². The van der Waals surface area contributed by atoms with Gasteiger partial charge in [-0.05, 0) is 43.7 Å². The third-order valence-corrected chi connectivity index (χ3v) is 7.14. The number of esters is 1. The van der Waals surface area contributed by atoms with Crippen molar-refractivity contribution in [1.29, 1.82) is 0 Å². The monoisotopic (exact) mass is 475 g/mol. The molecule has 0 radical (unpaired) electrons. The van der Waals surface area contributed by atoms with Crippen molar-refractivity contribution >= 4 is 50.1 Å². The van der Waals surface area contributed by atoms with Crippen LogP contribution in [0.2, 0.25) is 5.02 Å². The van der Waals surface area contributed by atoms with Gasteiger partial charge in [0.2, 0.25) is 10.0 Å². The van der Waals surface area contributed by atoms with Gasteiger partial charge in [-0.3, -0.25) is 9.78 Å². The zero-order valence-corrected chi connectivity index (χ0v) is 19.5. The van der Waals surface area contributed by atoms with Gasteiger partial charge in [-0.25, -0.2) is 17.5 Å². The summed E-state index contributed by atoms with van der Waals surface area (Å²) in [6.45, 7) is 2.95. The number of anilines is 1. The summed E-state index contributed by atoms with van der Waals surface area (Å²) in [5.74, 6) is -1.29. The summed E-state index contributed by atoms with van der Waals surface area (Å²) in [5.41, 5.74) is 2.50. The lowest BCUT2D eigenvalue weighted by Crippen LogP contribution is -2.24. The molecule has 0 spiro atoms. The number of fused-ring (bicyclic) bond motifs is 1. The van der Waals surface area contributed by atoms with E-state index < -0.39 is 28.5 Å². The lowest BCUT2D eigenvalue weighted by molar-refractivity contribution is -0.119. The molecule has 0 aliphatic carbocycles. The molecule has 10 heteroatoms. The number of nitrogens with one attached hydrogen (secondary N) is 1. The fourth-order valence-corrected chi connectivity index (χ4v) is 4.60. The van der Waals surface area contributed by atoms with E-state index in [1.165, 1.54) is 32.3 Å². The molecule has 1 heterocycles. The van der Waals surface area contributed by atoms with Gasteiger partial charge in [0.15, 0.2) is 6.61 Å². The minimum absolute atomic E-state index is 0.0258.